The quantitative estimate of drug-likeness (QED) is 0.762. The van der Waals surface area contributed by atoms with Crippen molar-refractivity contribution in [3.8, 4) is 0 Å². The minimum atomic E-state index is -0.518. The van der Waals surface area contributed by atoms with E-state index in [1.165, 1.54) is 13.4 Å². The number of hydrogen-bond acceptors (Lipinski definition) is 5. The van der Waals surface area contributed by atoms with Gasteiger partial charge in [-0.3, -0.25) is 14.4 Å². The largest absolute Gasteiger partial charge is 0.468 e. The third-order valence-corrected chi connectivity index (χ3v) is 3.15. The van der Waals surface area contributed by atoms with Crippen molar-refractivity contribution in [1.82, 2.24) is 10.2 Å². The van der Waals surface area contributed by atoms with Gasteiger partial charge in [-0.1, -0.05) is 0 Å². The predicted octanol–water partition coefficient (Wildman–Crippen LogP) is -0.0827. The molecule has 1 aliphatic rings. The Kier molecular flexibility index (Phi) is 4.39. The number of ether oxygens (including phenoxy) is 1. The predicted molar refractivity (Wildman–Crippen MR) is 67.3 cm³/mol. The van der Waals surface area contributed by atoms with Crippen molar-refractivity contribution < 1.29 is 23.5 Å². The zero-order valence-corrected chi connectivity index (χ0v) is 11.1. The first-order chi connectivity index (χ1) is 9.60. The van der Waals surface area contributed by atoms with E-state index in [0.717, 1.165) is 0 Å². The van der Waals surface area contributed by atoms with Crippen LogP contribution in [-0.4, -0.2) is 42.9 Å². The molecule has 7 nitrogen and oxygen atoms in total. The molecule has 20 heavy (non-hydrogen) atoms. The Morgan fingerprint density at radius 1 is 1.55 bits per heavy atom. The number of rotatable bonds is 5. The molecule has 7 heteroatoms. The van der Waals surface area contributed by atoms with Crippen LogP contribution < -0.4 is 5.32 Å². The molecule has 1 saturated heterocycles. The maximum atomic E-state index is 11.8. The van der Waals surface area contributed by atoms with Crippen LogP contribution in [0.3, 0.4) is 0 Å². The molecule has 0 aromatic carbocycles. The first kappa shape index (κ1) is 14.1. The summed E-state index contributed by atoms with van der Waals surface area (Å²) >= 11 is 0. The first-order valence-electron chi connectivity index (χ1n) is 6.25. The second-order valence-corrected chi connectivity index (χ2v) is 4.55. The fourth-order valence-electron chi connectivity index (χ4n) is 2.07. The van der Waals surface area contributed by atoms with Crippen molar-refractivity contribution in [1.29, 1.82) is 0 Å². The van der Waals surface area contributed by atoms with Gasteiger partial charge in [-0.25, -0.2) is 0 Å². The Labute approximate surface area is 115 Å². The highest BCUT2D eigenvalue weighted by molar-refractivity contribution is 5.90. The van der Waals surface area contributed by atoms with Crippen LogP contribution in [0.15, 0.2) is 22.8 Å². The van der Waals surface area contributed by atoms with Crippen molar-refractivity contribution in [3.05, 3.63) is 24.2 Å². The van der Waals surface area contributed by atoms with Gasteiger partial charge >= 0.3 is 5.97 Å². The molecule has 2 amide bonds. The lowest BCUT2D eigenvalue weighted by Gasteiger charge is -2.14. The smallest absolute Gasteiger partial charge is 0.325 e. The number of likely N-dealkylation sites (tertiary alicyclic amines) is 1. The molecule has 0 bridgehead atoms. The van der Waals surface area contributed by atoms with E-state index in [2.05, 4.69) is 10.1 Å². The summed E-state index contributed by atoms with van der Waals surface area (Å²) in [6, 6.07) is 3.52. The van der Waals surface area contributed by atoms with Gasteiger partial charge in [-0.15, -0.1) is 0 Å². The van der Waals surface area contributed by atoms with Crippen molar-refractivity contribution in [3.63, 3.8) is 0 Å². The number of methoxy groups -OCH3 is 1. The Bertz CT molecular complexity index is 497. The average Bonchev–Trinajstić information content (AvgIpc) is 3.07. The number of furan rings is 1. The Balaban J connectivity index is 1.85. The van der Waals surface area contributed by atoms with Gasteiger partial charge < -0.3 is 19.4 Å². The fourth-order valence-corrected chi connectivity index (χ4v) is 2.07. The van der Waals surface area contributed by atoms with Crippen LogP contribution in [0.25, 0.3) is 0 Å². The zero-order valence-electron chi connectivity index (χ0n) is 11.1. The molecule has 1 fully saturated rings. The number of carbonyl (C=O) groups excluding carboxylic acids is 3. The summed E-state index contributed by atoms with van der Waals surface area (Å²) in [7, 11) is 1.25. The molecular formula is C13H16N2O5. The number of nitrogens with zero attached hydrogens (tertiary/aromatic N) is 1. The van der Waals surface area contributed by atoms with Crippen molar-refractivity contribution in [2.45, 2.75) is 13.0 Å². The Morgan fingerprint density at radius 3 is 3.00 bits per heavy atom. The lowest BCUT2D eigenvalue weighted by atomic mass is 10.1. The highest BCUT2D eigenvalue weighted by Crippen LogP contribution is 2.20. The minimum Gasteiger partial charge on any atom is -0.468 e. The van der Waals surface area contributed by atoms with E-state index in [-0.39, 0.29) is 24.8 Å². The van der Waals surface area contributed by atoms with E-state index in [0.29, 0.717) is 18.8 Å². The second-order valence-electron chi connectivity index (χ2n) is 4.55. The topological polar surface area (TPSA) is 88.8 Å². The van der Waals surface area contributed by atoms with Gasteiger partial charge in [-0.05, 0) is 12.1 Å². The number of nitrogens with one attached hydrogen (secondary N) is 1. The van der Waals surface area contributed by atoms with Gasteiger partial charge in [0.1, 0.15) is 12.3 Å². The Morgan fingerprint density at radius 2 is 2.35 bits per heavy atom. The molecule has 1 N–H and O–H groups in total. The lowest BCUT2D eigenvalue weighted by molar-refractivity contribution is -0.141. The van der Waals surface area contributed by atoms with E-state index in [1.54, 1.807) is 17.0 Å². The van der Waals surface area contributed by atoms with Crippen molar-refractivity contribution in [2.24, 2.45) is 5.92 Å². The molecule has 0 unspecified atom stereocenters. The Hall–Kier alpha value is -2.31. The van der Waals surface area contributed by atoms with E-state index in [9.17, 15) is 14.4 Å². The van der Waals surface area contributed by atoms with Crippen LogP contribution in [0.1, 0.15) is 12.2 Å². The van der Waals surface area contributed by atoms with Crippen LogP contribution in [0.2, 0.25) is 0 Å². The summed E-state index contributed by atoms with van der Waals surface area (Å²) in [5.74, 6) is -0.698. The van der Waals surface area contributed by atoms with E-state index < -0.39 is 11.9 Å². The van der Waals surface area contributed by atoms with Gasteiger partial charge in [0.2, 0.25) is 11.8 Å². The van der Waals surface area contributed by atoms with Crippen LogP contribution in [0.4, 0.5) is 0 Å². The summed E-state index contributed by atoms with van der Waals surface area (Å²) in [6.07, 6.45) is 1.68. The molecule has 0 saturated carbocycles. The molecule has 0 radical (unpaired) electrons. The van der Waals surface area contributed by atoms with E-state index >= 15 is 0 Å². The summed E-state index contributed by atoms with van der Waals surface area (Å²) in [5.41, 5.74) is 0. The molecule has 1 aromatic rings. The van der Waals surface area contributed by atoms with Crippen LogP contribution in [0.5, 0.6) is 0 Å². The maximum absolute atomic E-state index is 11.8. The summed E-state index contributed by atoms with van der Waals surface area (Å²) in [5, 5.41) is 2.46. The first-order valence-corrected chi connectivity index (χ1v) is 6.25. The van der Waals surface area contributed by atoms with Gasteiger partial charge in [0.25, 0.3) is 0 Å². The number of esters is 1. The minimum absolute atomic E-state index is 0.0976. The molecule has 1 aliphatic heterocycles. The van der Waals surface area contributed by atoms with Gasteiger partial charge in [-0.2, -0.15) is 0 Å². The molecular weight excluding hydrogens is 264 g/mol. The second kappa shape index (κ2) is 6.23. The van der Waals surface area contributed by atoms with Gasteiger partial charge in [0.15, 0.2) is 0 Å². The fraction of sp³-hybridized carbons (Fsp3) is 0.462. The SMILES string of the molecule is COC(=O)CNC(=O)[C@@H]1CC(=O)N(Cc2ccco2)C1. The zero-order chi connectivity index (χ0) is 14.5. The maximum Gasteiger partial charge on any atom is 0.325 e. The highest BCUT2D eigenvalue weighted by Gasteiger charge is 2.34. The van der Waals surface area contributed by atoms with E-state index in [1.807, 2.05) is 0 Å². The molecule has 0 aliphatic carbocycles. The monoisotopic (exact) mass is 280 g/mol. The summed E-state index contributed by atoms with van der Waals surface area (Å²) < 4.78 is 9.61. The van der Waals surface area contributed by atoms with E-state index in [4.69, 9.17) is 4.42 Å². The summed E-state index contributed by atoms with van der Waals surface area (Å²) in [4.78, 5) is 36.2. The highest BCUT2D eigenvalue weighted by atomic mass is 16.5. The standard InChI is InChI=1S/C13H16N2O5/c1-19-12(17)6-14-13(18)9-5-11(16)15(7-9)8-10-3-2-4-20-10/h2-4,9H,5-8H2,1H3,(H,14,18)/t9-/m1/s1. The molecule has 2 heterocycles. The van der Waals surface area contributed by atoms with Gasteiger partial charge in [0.05, 0.1) is 25.8 Å². The number of amides is 2. The van der Waals surface area contributed by atoms with Crippen LogP contribution in [-0.2, 0) is 25.7 Å². The molecule has 1 atom stereocenters. The van der Waals surface area contributed by atoms with Crippen LogP contribution >= 0.6 is 0 Å². The molecule has 1 aromatic heterocycles. The molecule has 108 valence electrons. The third kappa shape index (κ3) is 3.37. The summed E-state index contributed by atoms with van der Waals surface area (Å²) in [6.45, 7) is 0.497. The molecule has 2 rings (SSSR count). The number of carbonyl (C=O) groups is 3. The average molecular weight is 280 g/mol. The van der Waals surface area contributed by atoms with Crippen molar-refractivity contribution in [2.75, 3.05) is 20.2 Å². The van der Waals surface area contributed by atoms with Gasteiger partial charge in [0, 0.05) is 13.0 Å². The lowest BCUT2D eigenvalue weighted by Crippen LogP contribution is -2.36. The third-order valence-electron chi connectivity index (χ3n) is 3.15. The van der Waals surface area contributed by atoms with Crippen LogP contribution in [0, 0.1) is 5.92 Å². The number of hydrogen-bond donors (Lipinski definition) is 1. The molecule has 0 spiro atoms. The normalized spacial score (nSPS) is 18.1. The van der Waals surface area contributed by atoms with Crippen molar-refractivity contribution >= 4 is 17.8 Å².